The van der Waals surface area contributed by atoms with Crippen LogP contribution in [-0.4, -0.2) is 6.29 Å². The summed E-state index contributed by atoms with van der Waals surface area (Å²) in [6, 6.07) is 0. The number of carbonyl (C=O) groups excluding carboxylic acids is 1. The van der Waals surface area contributed by atoms with Crippen LogP contribution in [0.2, 0.25) is 0 Å². The largest absolute Gasteiger partial charge is 0.303 e. The van der Waals surface area contributed by atoms with Gasteiger partial charge in [0.05, 0.1) is 0 Å². The van der Waals surface area contributed by atoms with Crippen molar-refractivity contribution in [3.05, 3.63) is 0 Å². The average molecular weight is 140 g/mol. The van der Waals surface area contributed by atoms with E-state index in [2.05, 4.69) is 13.8 Å². The zero-order valence-electron chi connectivity index (χ0n) is 6.89. The van der Waals surface area contributed by atoms with E-state index in [4.69, 9.17) is 0 Å². The molecule has 0 heterocycles. The van der Waals surface area contributed by atoms with Crippen LogP contribution in [0.5, 0.6) is 0 Å². The van der Waals surface area contributed by atoms with Gasteiger partial charge in [0, 0.05) is 5.41 Å². The van der Waals surface area contributed by atoms with Crippen LogP contribution >= 0.6 is 0 Å². The molecule has 0 radical (unpaired) electrons. The Labute approximate surface area is 62.8 Å². The van der Waals surface area contributed by atoms with E-state index in [0.717, 1.165) is 12.8 Å². The van der Waals surface area contributed by atoms with Crippen LogP contribution in [0.15, 0.2) is 0 Å². The molecule has 1 nitrogen and oxygen atoms in total. The van der Waals surface area contributed by atoms with Crippen molar-refractivity contribution in [1.29, 1.82) is 0 Å². The van der Waals surface area contributed by atoms with E-state index >= 15 is 0 Å². The molecule has 0 amide bonds. The minimum Gasteiger partial charge on any atom is -0.303 e. The average Bonchev–Trinajstić information content (AvgIpc) is 2.68. The molecule has 0 aromatic rings. The van der Waals surface area contributed by atoms with Crippen LogP contribution in [0.1, 0.15) is 39.5 Å². The summed E-state index contributed by atoms with van der Waals surface area (Å²) in [5, 5.41) is 0. The van der Waals surface area contributed by atoms with Gasteiger partial charge in [-0.3, -0.25) is 0 Å². The van der Waals surface area contributed by atoms with Gasteiger partial charge in [-0.2, -0.15) is 0 Å². The quantitative estimate of drug-likeness (QED) is 0.548. The van der Waals surface area contributed by atoms with Gasteiger partial charge in [-0.15, -0.1) is 0 Å². The Kier molecular flexibility index (Phi) is 2.12. The van der Waals surface area contributed by atoms with Crippen molar-refractivity contribution in [3.8, 4) is 0 Å². The zero-order chi connectivity index (χ0) is 7.61. The van der Waals surface area contributed by atoms with Gasteiger partial charge in [-0.05, 0) is 18.8 Å². The van der Waals surface area contributed by atoms with Crippen molar-refractivity contribution in [2.75, 3.05) is 0 Å². The van der Waals surface area contributed by atoms with E-state index in [9.17, 15) is 4.79 Å². The van der Waals surface area contributed by atoms with Gasteiger partial charge in [0.2, 0.25) is 0 Å². The maximum atomic E-state index is 10.6. The molecule has 1 heteroatoms. The molecular formula is C9H16O. The fraction of sp³-hybridized carbons (Fsp3) is 0.889. The Morgan fingerprint density at radius 1 is 1.60 bits per heavy atom. The van der Waals surface area contributed by atoms with Crippen LogP contribution < -0.4 is 0 Å². The van der Waals surface area contributed by atoms with Crippen LogP contribution in [0.25, 0.3) is 0 Å². The molecule has 1 atom stereocenters. The number of hydrogen-bond donors (Lipinski definition) is 0. The van der Waals surface area contributed by atoms with E-state index < -0.39 is 0 Å². The van der Waals surface area contributed by atoms with Gasteiger partial charge in [-0.1, -0.05) is 26.7 Å². The molecule has 10 heavy (non-hydrogen) atoms. The van der Waals surface area contributed by atoms with Crippen molar-refractivity contribution in [2.45, 2.75) is 39.5 Å². The van der Waals surface area contributed by atoms with Crippen molar-refractivity contribution < 1.29 is 4.79 Å². The highest BCUT2D eigenvalue weighted by atomic mass is 16.1. The predicted molar refractivity (Wildman–Crippen MR) is 41.8 cm³/mol. The van der Waals surface area contributed by atoms with E-state index in [1.54, 1.807) is 0 Å². The minimum atomic E-state index is 0.121. The topological polar surface area (TPSA) is 17.1 Å². The molecule has 1 rings (SSSR count). The molecular weight excluding hydrogens is 124 g/mol. The number of carbonyl (C=O) groups is 1. The van der Waals surface area contributed by atoms with Gasteiger partial charge in [-0.25, -0.2) is 0 Å². The lowest BCUT2D eigenvalue weighted by atomic mass is 9.88. The normalized spacial score (nSPS) is 23.8. The van der Waals surface area contributed by atoms with Crippen LogP contribution in [0, 0.1) is 11.3 Å². The van der Waals surface area contributed by atoms with Crippen molar-refractivity contribution >= 4 is 6.29 Å². The monoisotopic (exact) mass is 140 g/mol. The molecule has 0 bridgehead atoms. The summed E-state index contributed by atoms with van der Waals surface area (Å²) in [6.07, 6.45) is 5.86. The second kappa shape index (κ2) is 2.73. The third kappa shape index (κ3) is 1.23. The van der Waals surface area contributed by atoms with Gasteiger partial charge in [0.15, 0.2) is 0 Å². The summed E-state index contributed by atoms with van der Waals surface area (Å²) in [7, 11) is 0. The summed E-state index contributed by atoms with van der Waals surface area (Å²) < 4.78 is 0. The Morgan fingerprint density at radius 3 is 2.50 bits per heavy atom. The Balaban J connectivity index is 2.39. The van der Waals surface area contributed by atoms with E-state index in [-0.39, 0.29) is 5.41 Å². The Hall–Kier alpha value is -0.330. The molecule has 1 unspecified atom stereocenters. The lowest BCUT2D eigenvalue weighted by molar-refractivity contribution is -0.113. The summed E-state index contributed by atoms with van der Waals surface area (Å²) >= 11 is 0. The van der Waals surface area contributed by atoms with E-state index in [0.29, 0.717) is 5.92 Å². The number of rotatable bonds is 4. The Morgan fingerprint density at radius 2 is 2.20 bits per heavy atom. The maximum Gasteiger partial charge on any atom is 0.126 e. The highest BCUT2D eigenvalue weighted by molar-refractivity contribution is 5.63. The lowest BCUT2D eigenvalue weighted by Crippen LogP contribution is -2.13. The summed E-state index contributed by atoms with van der Waals surface area (Å²) in [5.41, 5.74) is 0.121. The zero-order valence-corrected chi connectivity index (χ0v) is 6.89. The van der Waals surface area contributed by atoms with Gasteiger partial charge < -0.3 is 4.79 Å². The molecule has 1 saturated carbocycles. The molecule has 1 aliphatic carbocycles. The lowest BCUT2D eigenvalue weighted by Gasteiger charge is -2.15. The third-order valence-corrected chi connectivity index (χ3v) is 2.77. The fourth-order valence-corrected chi connectivity index (χ4v) is 1.59. The van der Waals surface area contributed by atoms with Gasteiger partial charge >= 0.3 is 0 Å². The second-order valence-corrected chi connectivity index (χ2v) is 3.54. The maximum absolute atomic E-state index is 10.6. The molecule has 0 N–H and O–H groups in total. The molecule has 0 aromatic carbocycles. The first-order valence-electron chi connectivity index (χ1n) is 4.21. The van der Waals surface area contributed by atoms with Crippen LogP contribution in [0.3, 0.4) is 0 Å². The van der Waals surface area contributed by atoms with Crippen LogP contribution in [0.4, 0.5) is 0 Å². The summed E-state index contributed by atoms with van der Waals surface area (Å²) in [6.45, 7) is 4.38. The first-order valence-corrected chi connectivity index (χ1v) is 4.21. The Bertz CT molecular complexity index is 125. The minimum absolute atomic E-state index is 0.121. The fourth-order valence-electron chi connectivity index (χ4n) is 1.59. The van der Waals surface area contributed by atoms with Crippen molar-refractivity contribution in [2.24, 2.45) is 11.3 Å². The van der Waals surface area contributed by atoms with Crippen molar-refractivity contribution in [3.63, 3.8) is 0 Å². The second-order valence-electron chi connectivity index (χ2n) is 3.54. The highest BCUT2D eigenvalue weighted by Crippen LogP contribution is 2.51. The highest BCUT2D eigenvalue weighted by Gasteiger charge is 2.46. The SMILES string of the molecule is CCCC(C)C1(C=O)CC1. The number of aldehydes is 1. The molecule has 0 spiro atoms. The van der Waals surface area contributed by atoms with E-state index in [1.807, 2.05) is 0 Å². The van der Waals surface area contributed by atoms with E-state index in [1.165, 1.54) is 19.1 Å². The smallest absolute Gasteiger partial charge is 0.126 e. The van der Waals surface area contributed by atoms with Crippen LogP contribution in [-0.2, 0) is 4.79 Å². The van der Waals surface area contributed by atoms with Crippen molar-refractivity contribution in [1.82, 2.24) is 0 Å². The van der Waals surface area contributed by atoms with Gasteiger partial charge in [0.1, 0.15) is 6.29 Å². The predicted octanol–water partition coefficient (Wildman–Crippen LogP) is 2.40. The van der Waals surface area contributed by atoms with Gasteiger partial charge in [0.25, 0.3) is 0 Å². The summed E-state index contributed by atoms with van der Waals surface area (Å²) in [5.74, 6) is 0.620. The first-order chi connectivity index (χ1) is 4.75. The third-order valence-electron chi connectivity index (χ3n) is 2.77. The number of hydrogen-bond acceptors (Lipinski definition) is 1. The molecule has 58 valence electrons. The molecule has 0 saturated heterocycles. The molecule has 0 aliphatic heterocycles. The molecule has 0 aromatic heterocycles. The summed E-state index contributed by atoms with van der Waals surface area (Å²) in [4.78, 5) is 10.6. The first kappa shape index (κ1) is 7.77. The molecule has 1 fully saturated rings. The molecule has 1 aliphatic rings. The standard InChI is InChI=1S/C9H16O/c1-3-4-8(2)9(7-10)5-6-9/h7-8H,3-6H2,1-2H3.